The van der Waals surface area contributed by atoms with E-state index in [-0.39, 0.29) is 6.04 Å². The normalized spacial score (nSPS) is 17.9. The fraction of sp³-hybridized carbons (Fsp3) is 0.333. The van der Waals surface area contributed by atoms with Crippen LogP contribution < -0.4 is 5.32 Å². The van der Waals surface area contributed by atoms with E-state index in [0.717, 1.165) is 28.8 Å². The molecule has 1 aromatic heterocycles. The van der Waals surface area contributed by atoms with Crippen molar-refractivity contribution < 1.29 is 23.1 Å². The molecule has 3 rings (SSSR count). The lowest BCUT2D eigenvalue weighted by atomic mass is 9.98. The SMILES string of the molecule is C[C@@H](O)C(=O)N[C@@H]1CCc2c(-c3ccc(C(F)(F)F)cc3)cncc21. The van der Waals surface area contributed by atoms with Crippen molar-refractivity contribution in [1.29, 1.82) is 0 Å². The molecule has 1 aliphatic carbocycles. The summed E-state index contributed by atoms with van der Waals surface area (Å²) in [7, 11) is 0. The third kappa shape index (κ3) is 3.51. The van der Waals surface area contributed by atoms with Gasteiger partial charge in [-0.2, -0.15) is 13.2 Å². The summed E-state index contributed by atoms with van der Waals surface area (Å²) in [6.07, 6.45) is -0.851. The van der Waals surface area contributed by atoms with Gasteiger partial charge in [0.1, 0.15) is 6.10 Å². The van der Waals surface area contributed by atoms with Gasteiger partial charge >= 0.3 is 6.18 Å². The number of carbonyl (C=O) groups is 1. The van der Waals surface area contributed by atoms with Crippen molar-refractivity contribution in [2.24, 2.45) is 0 Å². The lowest BCUT2D eigenvalue weighted by Crippen LogP contribution is -2.34. The second kappa shape index (κ2) is 6.48. The van der Waals surface area contributed by atoms with Gasteiger partial charge in [-0.1, -0.05) is 12.1 Å². The predicted molar refractivity (Wildman–Crippen MR) is 85.6 cm³/mol. The van der Waals surface area contributed by atoms with Gasteiger partial charge in [-0.3, -0.25) is 9.78 Å². The minimum Gasteiger partial charge on any atom is -0.384 e. The van der Waals surface area contributed by atoms with E-state index in [4.69, 9.17) is 0 Å². The van der Waals surface area contributed by atoms with E-state index in [2.05, 4.69) is 10.3 Å². The number of nitrogens with one attached hydrogen (secondary N) is 1. The van der Waals surface area contributed by atoms with Crippen molar-refractivity contribution in [1.82, 2.24) is 10.3 Å². The van der Waals surface area contributed by atoms with Crippen molar-refractivity contribution in [2.75, 3.05) is 0 Å². The molecule has 132 valence electrons. The highest BCUT2D eigenvalue weighted by molar-refractivity contribution is 5.81. The molecule has 0 radical (unpaired) electrons. The maximum atomic E-state index is 12.7. The van der Waals surface area contributed by atoms with E-state index in [1.807, 2.05) is 0 Å². The van der Waals surface area contributed by atoms with Gasteiger partial charge in [0.2, 0.25) is 5.91 Å². The van der Waals surface area contributed by atoms with Crippen LogP contribution in [0.1, 0.15) is 36.1 Å². The minimum atomic E-state index is -4.37. The molecule has 0 spiro atoms. The van der Waals surface area contributed by atoms with Crippen LogP contribution in [0.5, 0.6) is 0 Å². The summed E-state index contributed by atoms with van der Waals surface area (Å²) in [4.78, 5) is 15.9. The number of carbonyl (C=O) groups excluding carboxylic acids is 1. The standard InChI is InChI=1S/C18H17F3N2O2/c1-10(24)17(25)23-16-7-6-13-14(8-22-9-15(13)16)11-2-4-12(5-3-11)18(19,20)21/h2-5,8-10,16,24H,6-7H2,1H3,(H,23,25)/t10-,16-/m1/s1. The number of nitrogens with zero attached hydrogens (tertiary/aromatic N) is 1. The number of fused-ring (bicyclic) bond motifs is 1. The van der Waals surface area contributed by atoms with Crippen molar-refractivity contribution in [3.8, 4) is 11.1 Å². The van der Waals surface area contributed by atoms with Gasteiger partial charge in [0.25, 0.3) is 0 Å². The molecule has 0 saturated heterocycles. The van der Waals surface area contributed by atoms with Crippen LogP contribution in [-0.2, 0) is 17.4 Å². The van der Waals surface area contributed by atoms with Gasteiger partial charge in [-0.15, -0.1) is 0 Å². The Bertz CT molecular complexity index is 786. The highest BCUT2D eigenvalue weighted by Gasteiger charge is 2.31. The summed E-state index contributed by atoms with van der Waals surface area (Å²) in [6, 6.07) is 4.72. The number of pyridine rings is 1. The highest BCUT2D eigenvalue weighted by atomic mass is 19.4. The van der Waals surface area contributed by atoms with Crippen molar-refractivity contribution in [3.63, 3.8) is 0 Å². The molecule has 25 heavy (non-hydrogen) atoms. The van der Waals surface area contributed by atoms with E-state index in [1.54, 1.807) is 12.4 Å². The number of rotatable bonds is 3. The topological polar surface area (TPSA) is 62.2 Å². The molecule has 2 atom stereocenters. The predicted octanol–water partition coefficient (Wildman–Crippen LogP) is 3.25. The fourth-order valence-corrected chi connectivity index (χ4v) is 3.06. The van der Waals surface area contributed by atoms with Crippen LogP contribution in [0.3, 0.4) is 0 Å². The van der Waals surface area contributed by atoms with Crippen molar-refractivity contribution >= 4 is 5.91 Å². The van der Waals surface area contributed by atoms with E-state index in [1.165, 1.54) is 19.1 Å². The molecule has 1 amide bonds. The van der Waals surface area contributed by atoms with Crippen molar-refractivity contribution in [3.05, 3.63) is 53.3 Å². The maximum absolute atomic E-state index is 12.7. The average Bonchev–Trinajstić information content (AvgIpc) is 2.97. The van der Waals surface area contributed by atoms with Crippen LogP contribution in [0.15, 0.2) is 36.7 Å². The largest absolute Gasteiger partial charge is 0.416 e. The van der Waals surface area contributed by atoms with Gasteiger partial charge in [-0.25, -0.2) is 0 Å². The number of aliphatic hydroxyl groups excluding tert-OH is 1. The Labute approximate surface area is 142 Å². The van der Waals surface area contributed by atoms with Crippen LogP contribution in [0.2, 0.25) is 0 Å². The van der Waals surface area contributed by atoms with E-state index in [0.29, 0.717) is 18.4 Å². The molecule has 0 aliphatic heterocycles. The van der Waals surface area contributed by atoms with Crippen LogP contribution in [-0.4, -0.2) is 22.1 Å². The first-order valence-electron chi connectivity index (χ1n) is 7.90. The van der Waals surface area contributed by atoms with Gasteiger partial charge in [0, 0.05) is 18.0 Å². The van der Waals surface area contributed by atoms with Crippen LogP contribution >= 0.6 is 0 Å². The average molecular weight is 350 g/mol. The Morgan fingerprint density at radius 3 is 2.56 bits per heavy atom. The second-order valence-corrected chi connectivity index (χ2v) is 6.11. The summed E-state index contributed by atoms with van der Waals surface area (Å²) in [5.74, 6) is -0.460. The number of hydrogen-bond donors (Lipinski definition) is 2. The zero-order chi connectivity index (χ0) is 18.2. The van der Waals surface area contributed by atoms with Crippen molar-refractivity contribution in [2.45, 2.75) is 38.1 Å². The number of halogens is 3. The molecule has 1 aromatic carbocycles. The molecule has 2 aromatic rings. The number of alkyl halides is 3. The van der Waals surface area contributed by atoms with Gasteiger partial charge in [-0.05, 0) is 48.6 Å². The Morgan fingerprint density at radius 1 is 1.28 bits per heavy atom. The molecule has 0 saturated carbocycles. The molecule has 4 nitrogen and oxygen atoms in total. The molecular formula is C18H17F3N2O2. The number of benzene rings is 1. The Morgan fingerprint density at radius 2 is 1.96 bits per heavy atom. The van der Waals surface area contributed by atoms with Crippen LogP contribution in [0.25, 0.3) is 11.1 Å². The zero-order valence-corrected chi connectivity index (χ0v) is 13.5. The number of aromatic nitrogens is 1. The van der Waals surface area contributed by atoms with Gasteiger partial charge < -0.3 is 10.4 Å². The maximum Gasteiger partial charge on any atom is 0.416 e. The number of aliphatic hydroxyl groups is 1. The third-order valence-electron chi connectivity index (χ3n) is 4.37. The minimum absolute atomic E-state index is 0.251. The van der Waals surface area contributed by atoms with Gasteiger partial charge in [0.05, 0.1) is 11.6 Å². The van der Waals surface area contributed by atoms with E-state index in [9.17, 15) is 23.1 Å². The number of amides is 1. The third-order valence-corrected chi connectivity index (χ3v) is 4.37. The first kappa shape index (κ1) is 17.4. The zero-order valence-electron chi connectivity index (χ0n) is 13.5. The summed E-state index contributed by atoms with van der Waals surface area (Å²) < 4.78 is 38.1. The summed E-state index contributed by atoms with van der Waals surface area (Å²) in [5, 5.41) is 12.1. The van der Waals surface area contributed by atoms with Gasteiger partial charge in [0.15, 0.2) is 0 Å². The molecule has 7 heteroatoms. The molecule has 0 bridgehead atoms. The Hall–Kier alpha value is -2.41. The lowest BCUT2D eigenvalue weighted by molar-refractivity contribution is -0.137. The Kier molecular flexibility index (Phi) is 4.51. The smallest absolute Gasteiger partial charge is 0.384 e. The Balaban J connectivity index is 1.91. The molecule has 0 unspecified atom stereocenters. The fourth-order valence-electron chi connectivity index (χ4n) is 3.06. The molecule has 1 aliphatic rings. The first-order chi connectivity index (χ1) is 11.8. The van der Waals surface area contributed by atoms with E-state index < -0.39 is 23.8 Å². The van der Waals surface area contributed by atoms with Crippen LogP contribution in [0, 0.1) is 0 Å². The summed E-state index contributed by atoms with van der Waals surface area (Å²) in [5.41, 5.74) is 2.52. The molecule has 1 heterocycles. The monoisotopic (exact) mass is 350 g/mol. The first-order valence-corrected chi connectivity index (χ1v) is 7.90. The lowest BCUT2D eigenvalue weighted by Gasteiger charge is -2.16. The summed E-state index contributed by atoms with van der Waals surface area (Å²) in [6.45, 7) is 1.39. The summed E-state index contributed by atoms with van der Waals surface area (Å²) >= 11 is 0. The molecule has 2 N–H and O–H groups in total. The van der Waals surface area contributed by atoms with E-state index >= 15 is 0 Å². The second-order valence-electron chi connectivity index (χ2n) is 6.11. The number of hydrogen-bond acceptors (Lipinski definition) is 3. The van der Waals surface area contributed by atoms with Crippen LogP contribution in [0.4, 0.5) is 13.2 Å². The molecule has 0 fully saturated rings. The highest BCUT2D eigenvalue weighted by Crippen LogP contribution is 2.38. The molecular weight excluding hydrogens is 333 g/mol. The quantitative estimate of drug-likeness (QED) is 0.893.